The second-order valence-corrected chi connectivity index (χ2v) is 12.2. The Hall–Kier alpha value is -2.69. The molecule has 3 atom stereocenters. The van der Waals surface area contributed by atoms with E-state index in [0.29, 0.717) is 18.8 Å². The van der Waals surface area contributed by atoms with E-state index in [-0.39, 0.29) is 35.0 Å². The van der Waals surface area contributed by atoms with Crippen LogP contribution in [0.25, 0.3) is 0 Å². The molecule has 0 saturated heterocycles. The molecule has 1 heterocycles. The van der Waals surface area contributed by atoms with Crippen molar-refractivity contribution in [1.29, 1.82) is 0 Å². The topological polar surface area (TPSA) is 87.0 Å². The second kappa shape index (κ2) is 14.7. The average Bonchev–Trinajstić information content (AvgIpc) is 2.93. The number of rotatable bonds is 16. The van der Waals surface area contributed by atoms with E-state index in [1.807, 2.05) is 24.5 Å². The first kappa shape index (κ1) is 33.8. The summed E-state index contributed by atoms with van der Waals surface area (Å²) in [6.45, 7) is 0.415. The van der Waals surface area contributed by atoms with Gasteiger partial charge in [-0.2, -0.15) is 22.0 Å². The minimum Gasteiger partial charge on any atom is -0.508 e. The van der Waals surface area contributed by atoms with Gasteiger partial charge in [-0.25, -0.2) is 0 Å². The van der Waals surface area contributed by atoms with Crippen LogP contribution in [0.4, 0.5) is 22.0 Å². The lowest BCUT2D eigenvalue weighted by atomic mass is 9.76. The molecule has 1 unspecified atom stereocenters. The van der Waals surface area contributed by atoms with Gasteiger partial charge < -0.3 is 20.1 Å². The van der Waals surface area contributed by atoms with E-state index < -0.39 is 36.8 Å². The first-order valence-corrected chi connectivity index (χ1v) is 15.5. The Morgan fingerprint density at radius 2 is 1.52 bits per heavy atom. The van der Waals surface area contributed by atoms with Crippen LogP contribution in [0.1, 0.15) is 87.7 Å². The summed E-state index contributed by atoms with van der Waals surface area (Å²) in [6.07, 6.45) is 0.419. The third-order valence-electron chi connectivity index (χ3n) is 8.20. The molecule has 1 aliphatic rings. The Morgan fingerprint density at radius 3 is 2.14 bits per heavy atom. The number of carbonyl (C=O) groups is 1. The summed E-state index contributed by atoms with van der Waals surface area (Å²) in [5, 5.41) is 29.2. The van der Waals surface area contributed by atoms with E-state index in [9.17, 15) is 42.1 Å². The van der Waals surface area contributed by atoms with Crippen LogP contribution in [0.15, 0.2) is 42.5 Å². The highest BCUT2D eigenvalue weighted by molar-refractivity contribution is 7.99. The molecule has 42 heavy (non-hydrogen) atoms. The number of aliphatic carboxylic acids is 1. The van der Waals surface area contributed by atoms with Crippen LogP contribution < -0.4 is 4.74 Å². The summed E-state index contributed by atoms with van der Waals surface area (Å²) < 4.78 is 69.0. The van der Waals surface area contributed by atoms with Gasteiger partial charge in [0, 0.05) is 18.4 Å². The number of benzene rings is 2. The number of unbranched alkanes of at least 4 members (excludes halogenated alkanes) is 5. The lowest BCUT2D eigenvalue weighted by molar-refractivity contribution is -0.284. The molecule has 2 aromatic rings. The fourth-order valence-electron chi connectivity index (χ4n) is 5.76. The number of hydrogen-bond acceptors (Lipinski definition) is 5. The average molecular weight is 619 g/mol. The summed E-state index contributed by atoms with van der Waals surface area (Å²) in [4.78, 5) is 11.5. The molecule has 0 spiro atoms. The van der Waals surface area contributed by atoms with E-state index in [0.717, 1.165) is 49.7 Å². The van der Waals surface area contributed by atoms with Crippen LogP contribution in [-0.2, 0) is 9.54 Å². The molecule has 3 rings (SSSR count). The molecular weight excluding hydrogens is 579 g/mol. The molecule has 0 aliphatic carbocycles. The number of hydrogen-bond donors (Lipinski definition) is 3. The van der Waals surface area contributed by atoms with Gasteiger partial charge >= 0.3 is 18.1 Å². The molecule has 0 amide bonds. The lowest BCUT2D eigenvalue weighted by Gasteiger charge is -2.44. The molecular formula is C31H39F5O5S. The zero-order chi connectivity index (χ0) is 31.0. The van der Waals surface area contributed by atoms with Crippen molar-refractivity contribution in [1.82, 2.24) is 0 Å². The monoisotopic (exact) mass is 618 g/mol. The maximum Gasteiger partial charge on any atom is 0.453 e. The van der Waals surface area contributed by atoms with Crippen LogP contribution in [-0.4, -0.2) is 46.3 Å². The number of aromatic hydroxyl groups is 2. The fraction of sp³-hybridized carbons (Fsp3) is 0.581. The minimum atomic E-state index is -5.62. The standard InChI is InChI=1S/C31H39F5O5S/c1-42-29(22-12-14-23(37)15-13-22)20-41-27-19-24(38)16-17-25(27)26(29)11-7-5-3-2-4-6-9-21(28(39)40)10-8-18-30(32,33)31(34,35)36/h12-17,19,21,26,37-38H,2-11,18,20H2,1H3,(H,39,40)/t21?,26-,29+/m1/s1. The minimum absolute atomic E-state index is 0.0995. The highest BCUT2D eigenvalue weighted by Crippen LogP contribution is 2.55. The molecule has 2 aromatic carbocycles. The van der Waals surface area contributed by atoms with Gasteiger partial charge in [0.2, 0.25) is 0 Å². The Morgan fingerprint density at radius 1 is 0.929 bits per heavy atom. The fourth-order valence-corrected chi connectivity index (χ4v) is 6.84. The zero-order valence-electron chi connectivity index (χ0n) is 23.6. The van der Waals surface area contributed by atoms with E-state index in [2.05, 4.69) is 0 Å². The number of carboxylic acids is 1. The first-order chi connectivity index (χ1) is 19.8. The molecule has 3 N–H and O–H groups in total. The number of halogens is 5. The highest BCUT2D eigenvalue weighted by atomic mass is 32.2. The van der Waals surface area contributed by atoms with Gasteiger partial charge in [-0.1, -0.05) is 56.7 Å². The van der Waals surface area contributed by atoms with Crippen molar-refractivity contribution in [2.75, 3.05) is 12.9 Å². The van der Waals surface area contributed by atoms with Crippen molar-refractivity contribution >= 4 is 17.7 Å². The van der Waals surface area contributed by atoms with Crippen molar-refractivity contribution in [2.24, 2.45) is 5.92 Å². The normalized spacial score (nSPS) is 19.6. The van der Waals surface area contributed by atoms with Crippen LogP contribution in [0.3, 0.4) is 0 Å². The number of phenols is 2. The molecule has 234 valence electrons. The van der Waals surface area contributed by atoms with Crippen molar-refractivity contribution in [2.45, 2.75) is 93.4 Å². The molecule has 0 bridgehead atoms. The predicted molar refractivity (Wildman–Crippen MR) is 153 cm³/mol. The van der Waals surface area contributed by atoms with Gasteiger partial charge in [-0.3, -0.25) is 4.79 Å². The maximum absolute atomic E-state index is 13.1. The van der Waals surface area contributed by atoms with Crippen molar-refractivity contribution in [3.05, 3.63) is 53.6 Å². The van der Waals surface area contributed by atoms with Gasteiger partial charge in [0.1, 0.15) is 23.9 Å². The van der Waals surface area contributed by atoms with E-state index in [1.165, 1.54) is 0 Å². The number of ether oxygens (including phenoxy) is 1. The van der Waals surface area contributed by atoms with Crippen LogP contribution >= 0.6 is 11.8 Å². The predicted octanol–water partition coefficient (Wildman–Crippen LogP) is 9.02. The number of alkyl halides is 5. The first-order valence-electron chi connectivity index (χ1n) is 14.3. The quantitative estimate of drug-likeness (QED) is 0.129. The Kier molecular flexibility index (Phi) is 11.8. The Bertz CT molecular complexity index is 1160. The third-order valence-corrected chi connectivity index (χ3v) is 9.57. The number of thioether (sulfide) groups is 1. The van der Waals surface area contributed by atoms with E-state index >= 15 is 0 Å². The van der Waals surface area contributed by atoms with Gasteiger partial charge in [0.25, 0.3) is 0 Å². The third kappa shape index (κ3) is 8.45. The summed E-state index contributed by atoms with van der Waals surface area (Å²) >= 11 is 1.70. The van der Waals surface area contributed by atoms with Gasteiger partial charge in [-0.05, 0) is 61.3 Å². The van der Waals surface area contributed by atoms with E-state index in [1.54, 1.807) is 36.0 Å². The SMILES string of the molecule is CS[C@]1(c2ccc(O)cc2)COc2cc(O)ccc2[C@H]1CCCCCCCCC(CCCC(F)(F)C(F)(F)F)C(=O)O. The summed E-state index contributed by atoms with van der Waals surface area (Å²) in [5.41, 5.74) is 2.07. The molecule has 5 nitrogen and oxygen atoms in total. The smallest absolute Gasteiger partial charge is 0.453 e. The lowest BCUT2D eigenvalue weighted by Crippen LogP contribution is -2.40. The summed E-state index contributed by atoms with van der Waals surface area (Å²) in [7, 11) is 0. The largest absolute Gasteiger partial charge is 0.508 e. The van der Waals surface area contributed by atoms with Crippen molar-refractivity contribution < 1.29 is 46.8 Å². The van der Waals surface area contributed by atoms with Gasteiger partial charge in [0.15, 0.2) is 0 Å². The van der Waals surface area contributed by atoms with Gasteiger partial charge in [0.05, 0.1) is 10.7 Å². The number of fused-ring (bicyclic) bond motifs is 1. The Balaban J connectivity index is 1.49. The van der Waals surface area contributed by atoms with Crippen LogP contribution in [0, 0.1) is 5.92 Å². The molecule has 1 aliphatic heterocycles. The Labute approximate surface area is 247 Å². The number of phenolic OH excluding ortho intramolecular Hbond substituents is 2. The zero-order valence-corrected chi connectivity index (χ0v) is 24.5. The molecule has 0 fully saturated rings. The van der Waals surface area contributed by atoms with Crippen LogP contribution in [0.2, 0.25) is 0 Å². The second-order valence-electron chi connectivity index (χ2n) is 11.0. The maximum atomic E-state index is 13.1. The summed E-state index contributed by atoms with van der Waals surface area (Å²) in [6, 6.07) is 12.4. The number of carboxylic acid groups (broad SMARTS) is 1. The molecule has 0 radical (unpaired) electrons. The van der Waals surface area contributed by atoms with Crippen molar-refractivity contribution in [3.8, 4) is 17.2 Å². The van der Waals surface area contributed by atoms with Gasteiger partial charge in [-0.15, -0.1) is 11.8 Å². The molecule has 0 saturated carbocycles. The molecule has 0 aromatic heterocycles. The molecule has 11 heteroatoms. The van der Waals surface area contributed by atoms with Crippen molar-refractivity contribution in [3.63, 3.8) is 0 Å². The van der Waals surface area contributed by atoms with Crippen LogP contribution in [0.5, 0.6) is 17.2 Å². The summed E-state index contributed by atoms with van der Waals surface area (Å²) in [5.74, 6) is -5.81. The van der Waals surface area contributed by atoms with E-state index in [4.69, 9.17) is 4.74 Å². The highest BCUT2D eigenvalue weighted by Gasteiger charge is 2.56.